The van der Waals surface area contributed by atoms with E-state index < -0.39 is 0 Å². The zero-order valence-corrected chi connectivity index (χ0v) is 10.1. The Kier molecular flexibility index (Phi) is 4.06. The Balaban J connectivity index is 2.77. The lowest BCUT2D eigenvalue weighted by Gasteiger charge is -2.34. The van der Waals surface area contributed by atoms with E-state index in [-0.39, 0.29) is 23.0 Å². The molecule has 0 bridgehead atoms. The molecule has 0 saturated carbocycles. The Bertz CT molecular complexity index is 324. The molecule has 1 fully saturated rings. The van der Waals surface area contributed by atoms with Crippen LogP contribution in [0.5, 0.6) is 0 Å². The fourth-order valence-electron chi connectivity index (χ4n) is 1.78. The number of likely N-dealkylation sites (N-methyl/N-ethyl adjacent to an activating group) is 1. The van der Waals surface area contributed by atoms with Crippen LogP contribution in [0.4, 0.5) is 0 Å². The van der Waals surface area contributed by atoms with Gasteiger partial charge in [0.2, 0.25) is 0 Å². The van der Waals surface area contributed by atoms with Crippen molar-refractivity contribution in [1.29, 1.82) is 5.41 Å². The second-order valence-corrected chi connectivity index (χ2v) is 4.16. The van der Waals surface area contributed by atoms with E-state index in [9.17, 15) is 9.90 Å². The van der Waals surface area contributed by atoms with Crippen LogP contribution in [0.25, 0.3) is 0 Å². The number of Topliss-reactive ketones (excluding diaryl/α,β-unsaturated/α-hetero) is 1. The van der Waals surface area contributed by atoms with Crippen LogP contribution >= 0.6 is 0 Å². The topological polar surface area (TPSA) is 67.6 Å². The van der Waals surface area contributed by atoms with Gasteiger partial charge in [-0.1, -0.05) is 0 Å². The predicted molar refractivity (Wildman–Crippen MR) is 62.8 cm³/mol. The standard InChI is InChI=1S/C11H19N3O2/c1-8(15)10(9(2)16)11(12)14-6-4-13(3)5-7-14/h12,15H,4-7H2,1-3H3/b10-8+,12-11?. The lowest BCUT2D eigenvalue weighted by atomic mass is 10.1. The quantitative estimate of drug-likeness (QED) is 0.313. The summed E-state index contributed by atoms with van der Waals surface area (Å²) in [6, 6.07) is 0. The van der Waals surface area contributed by atoms with E-state index in [4.69, 9.17) is 5.41 Å². The highest BCUT2D eigenvalue weighted by atomic mass is 16.3. The van der Waals surface area contributed by atoms with Crippen molar-refractivity contribution < 1.29 is 9.90 Å². The molecule has 5 heteroatoms. The third-order valence-electron chi connectivity index (χ3n) is 2.77. The van der Waals surface area contributed by atoms with Gasteiger partial charge in [-0.05, 0) is 20.9 Å². The number of nitrogens with zero attached hydrogens (tertiary/aromatic N) is 2. The average molecular weight is 225 g/mol. The highest BCUT2D eigenvalue weighted by Crippen LogP contribution is 2.10. The summed E-state index contributed by atoms with van der Waals surface area (Å²) in [6.07, 6.45) is 0. The number of rotatable bonds is 2. The van der Waals surface area contributed by atoms with Crippen LogP contribution in [0.15, 0.2) is 11.3 Å². The molecule has 1 saturated heterocycles. The van der Waals surface area contributed by atoms with Gasteiger partial charge in [0.05, 0.1) is 5.57 Å². The van der Waals surface area contributed by atoms with Gasteiger partial charge in [-0.25, -0.2) is 0 Å². The number of piperazine rings is 1. The summed E-state index contributed by atoms with van der Waals surface area (Å²) in [5.41, 5.74) is 0.129. The minimum atomic E-state index is -0.260. The summed E-state index contributed by atoms with van der Waals surface area (Å²) in [4.78, 5) is 15.3. The number of aliphatic hydroxyl groups is 1. The second kappa shape index (κ2) is 5.12. The van der Waals surface area contributed by atoms with Crippen LogP contribution in [0.1, 0.15) is 13.8 Å². The number of aliphatic hydroxyl groups excluding tert-OH is 1. The molecule has 1 aliphatic rings. The number of ketones is 1. The maximum absolute atomic E-state index is 11.3. The number of allylic oxidation sites excluding steroid dienone is 1. The van der Waals surface area contributed by atoms with Gasteiger partial charge in [-0.15, -0.1) is 0 Å². The van der Waals surface area contributed by atoms with Crippen molar-refractivity contribution in [3.63, 3.8) is 0 Å². The lowest BCUT2D eigenvalue weighted by Crippen LogP contribution is -2.48. The van der Waals surface area contributed by atoms with Gasteiger partial charge in [-0.2, -0.15) is 0 Å². The van der Waals surface area contributed by atoms with Crippen LogP contribution in [0, 0.1) is 5.41 Å². The molecule has 0 atom stereocenters. The molecule has 2 N–H and O–H groups in total. The van der Waals surface area contributed by atoms with Crippen molar-refractivity contribution in [1.82, 2.24) is 9.80 Å². The van der Waals surface area contributed by atoms with Gasteiger partial charge >= 0.3 is 0 Å². The first kappa shape index (κ1) is 12.7. The van der Waals surface area contributed by atoms with Gasteiger partial charge in [-0.3, -0.25) is 10.2 Å². The third-order valence-corrected chi connectivity index (χ3v) is 2.77. The molecule has 0 radical (unpaired) electrons. The van der Waals surface area contributed by atoms with Gasteiger partial charge in [0.25, 0.3) is 0 Å². The summed E-state index contributed by atoms with van der Waals surface area (Å²) in [7, 11) is 2.03. The first-order valence-electron chi connectivity index (χ1n) is 5.36. The molecule has 1 aliphatic heterocycles. The molecule has 0 spiro atoms. The predicted octanol–water partition coefficient (Wildman–Crippen LogP) is 0.632. The Morgan fingerprint density at radius 3 is 2.06 bits per heavy atom. The van der Waals surface area contributed by atoms with Gasteiger partial charge in [0, 0.05) is 26.2 Å². The first-order valence-corrected chi connectivity index (χ1v) is 5.36. The van der Waals surface area contributed by atoms with E-state index in [1.165, 1.54) is 13.8 Å². The molecule has 0 aromatic carbocycles. The Labute approximate surface area is 95.9 Å². The molecule has 5 nitrogen and oxygen atoms in total. The summed E-state index contributed by atoms with van der Waals surface area (Å²) >= 11 is 0. The fraction of sp³-hybridized carbons (Fsp3) is 0.636. The van der Waals surface area contributed by atoms with Crippen molar-refractivity contribution in [2.45, 2.75) is 13.8 Å². The van der Waals surface area contributed by atoms with Gasteiger partial charge in [0.1, 0.15) is 11.6 Å². The SMILES string of the molecule is CC(=O)/C(C(=N)N1CCN(C)CC1)=C(/C)O. The van der Waals surface area contributed by atoms with Crippen molar-refractivity contribution in [2.24, 2.45) is 0 Å². The molecule has 0 aromatic rings. The minimum absolute atomic E-state index is 0.0728. The molecular weight excluding hydrogens is 206 g/mol. The summed E-state index contributed by atoms with van der Waals surface area (Å²) < 4.78 is 0. The van der Waals surface area contributed by atoms with E-state index in [0.717, 1.165) is 26.2 Å². The van der Waals surface area contributed by atoms with Crippen molar-refractivity contribution in [3.05, 3.63) is 11.3 Å². The molecule has 16 heavy (non-hydrogen) atoms. The van der Waals surface area contributed by atoms with Crippen LogP contribution in [0.3, 0.4) is 0 Å². The normalized spacial score (nSPS) is 19.3. The zero-order valence-electron chi connectivity index (χ0n) is 10.1. The van der Waals surface area contributed by atoms with Crippen molar-refractivity contribution >= 4 is 11.6 Å². The smallest absolute Gasteiger partial charge is 0.166 e. The molecule has 90 valence electrons. The van der Waals surface area contributed by atoms with E-state index in [2.05, 4.69) is 4.90 Å². The molecule has 0 unspecified atom stereocenters. The largest absolute Gasteiger partial charge is 0.512 e. The number of amidine groups is 1. The van der Waals surface area contributed by atoms with Crippen molar-refractivity contribution in [3.8, 4) is 0 Å². The number of hydrogen-bond acceptors (Lipinski definition) is 4. The number of nitrogens with one attached hydrogen (secondary N) is 1. The zero-order chi connectivity index (χ0) is 12.3. The number of carbonyl (C=O) groups is 1. The summed E-state index contributed by atoms with van der Waals surface area (Å²) in [6.45, 7) is 6.01. The van der Waals surface area contributed by atoms with E-state index in [1.54, 1.807) is 0 Å². The molecule has 0 aromatic heterocycles. The monoisotopic (exact) mass is 225 g/mol. The maximum Gasteiger partial charge on any atom is 0.166 e. The second-order valence-electron chi connectivity index (χ2n) is 4.16. The highest BCUT2D eigenvalue weighted by Gasteiger charge is 2.23. The molecule has 0 aliphatic carbocycles. The summed E-state index contributed by atoms with van der Waals surface area (Å²) in [5.74, 6) is -0.194. The van der Waals surface area contributed by atoms with Gasteiger partial charge < -0.3 is 14.9 Å². The Morgan fingerprint density at radius 2 is 1.69 bits per heavy atom. The lowest BCUT2D eigenvalue weighted by molar-refractivity contribution is -0.113. The molecule has 1 rings (SSSR count). The van der Waals surface area contributed by atoms with E-state index >= 15 is 0 Å². The van der Waals surface area contributed by atoms with Crippen LogP contribution in [-0.4, -0.2) is 59.8 Å². The van der Waals surface area contributed by atoms with Crippen LogP contribution < -0.4 is 0 Å². The Morgan fingerprint density at radius 1 is 1.19 bits per heavy atom. The summed E-state index contributed by atoms with van der Waals surface area (Å²) in [5, 5.41) is 17.4. The average Bonchev–Trinajstić information content (AvgIpc) is 2.17. The fourth-order valence-corrected chi connectivity index (χ4v) is 1.78. The third kappa shape index (κ3) is 2.82. The number of carbonyl (C=O) groups excluding carboxylic acids is 1. The van der Waals surface area contributed by atoms with Gasteiger partial charge in [0.15, 0.2) is 5.78 Å². The van der Waals surface area contributed by atoms with Crippen LogP contribution in [0.2, 0.25) is 0 Å². The number of hydrogen-bond donors (Lipinski definition) is 2. The highest BCUT2D eigenvalue weighted by molar-refractivity contribution is 6.19. The Hall–Kier alpha value is -1.36. The van der Waals surface area contributed by atoms with Crippen molar-refractivity contribution in [2.75, 3.05) is 33.2 Å². The minimum Gasteiger partial charge on any atom is -0.512 e. The maximum atomic E-state index is 11.3. The van der Waals surface area contributed by atoms with Crippen LogP contribution in [-0.2, 0) is 4.79 Å². The van der Waals surface area contributed by atoms with E-state index in [0.29, 0.717) is 0 Å². The van der Waals surface area contributed by atoms with E-state index in [1.807, 2.05) is 11.9 Å². The molecular formula is C11H19N3O2. The first-order chi connectivity index (χ1) is 7.43. The molecule has 0 amide bonds. The molecule has 1 heterocycles.